The molecule has 0 unspecified atom stereocenters. The molecule has 0 heterocycles. The first-order valence-corrected chi connectivity index (χ1v) is 6.35. The number of carbonyl (C=O) groups is 2. The highest BCUT2D eigenvalue weighted by Gasteiger charge is 2.57. The lowest BCUT2D eigenvalue weighted by atomic mass is 10.1. The van der Waals surface area contributed by atoms with Gasteiger partial charge in [0.05, 0.1) is 6.61 Å². The summed E-state index contributed by atoms with van der Waals surface area (Å²) in [7, 11) is 1.60. The van der Waals surface area contributed by atoms with E-state index in [1.165, 1.54) is 0 Å². The monoisotopic (exact) mass is 279 g/mol. The summed E-state index contributed by atoms with van der Waals surface area (Å²) in [5, 5.41) is 11.6. The Morgan fingerprint density at radius 2 is 1.90 bits per heavy atom. The second-order valence-corrected chi connectivity index (χ2v) is 4.71. The molecule has 1 fully saturated rings. The number of carbonyl (C=O) groups excluding carboxylic acids is 1. The second kappa shape index (κ2) is 5.92. The van der Waals surface area contributed by atoms with E-state index in [0.29, 0.717) is 37.5 Å². The maximum absolute atomic E-state index is 11.9. The van der Waals surface area contributed by atoms with Crippen molar-refractivity contribution in [2.24, 2.45) is 5.41 Å². The molecule has 0 aliphatic heterocycles. The first kappa shape index (κ1) is 14.3. The van der Waals surface area contributed by atoms with Crippen LogP contribution in [0.5, 0.6) is 5.75 Å². The van der Waals surface area contributed by atoms with E-state index >= 15 is 0 Å². The minimum atomic E-state index is -1.23. The fourth-order valence-corrected chi connectivity index (χ4v) is 1.79. The molecule has 0 bridgehead atoms. The van der Waals surface area contributed by atoms with E-state index in [9.17, 15) is 9.59 Å². The van der Waals surface area contributed by atoms with Crippen molar-refractivity contribution in [2.75, 3.05) is 25.6 Å². The van der Waals surface area contributed by atoms with Crippen LogP contribution >= 0.6 is 0 Å². The Morgan fingerprint density at radius 3 is 2.40 bits per heavy atom. The zero-order valence-electron chi connectivity index (χ0n) is 11.2. The van der Waals surface area contributed by atoms with E-state index in [1.807, 2.05) is 0 Å². The van der Waals surface area contributed by atoms with Gasteiger partial charge in [0, 0.05) is 12.8 Å². The van der Waals surface area contributed by atoms with Crippen LogP contribution in [0.1, 0.15) is 12.8 Å². The van der Waals surface area contributed by atoms with Crippen LogP contribution < -0.4 is 10.1 Å². The van der Waals surface area contributed by atoms with E-state index in [4.69, 9.17) is 14.6 Å². The minimum absolute atomic E-state index is 0.395. The first-order chi connectivity index (χ1) is 9.58. The molecule has 6 heteroatoms. The topological polar surface area (TPSA) is 84.9 Å². The molecule has 1 aromatic carbocycles. The molecular formula is C14H17NO5. The van der Waals surface area contributed by atoms with Crippen LogP contribution in [0.25, 0.3) is 0 Å². The van der Waals surface area contributed by atoms with Gasteiger partial charge in [0.1, 0.15) is 17.8 Å². The lowest BCUT2D eigenvalue weighted by Gasteiger charge is -2.11. The summed E-state index contributed by atoms with van der Waals surface area (Å²) in [6, 6.07) is 6.78. The van der Waals surface area contributed by atoms with Gasteiger partial charge in [-0.05, 0) is 37.1 Å². The van der Waals surface area contributed by atoms with Crippen molar-refractivity contribution in [2.45, 2.75) is 12.8 Å². The van der Waals surface area contributed by atoms with E-state index < -0.39 is 17.3 Å². The van der Waals surface area contributed by atoms with Crippen molar-refractivity contribution < 1.29 is 24.2 Å². The van der Waals surface area contributed by atoms with E-state index in [1.54, 1.807) is 31.4 Å². The molecule has 0 radical (unpaired) electrons. The van der Waals surface area contributed by atoms with Gasteiger partial charge in [-0.25, -0.2) is 0 Å². The summed E-state index contributed by atoms with van der Waals surface area (Å²) < 4.78 is 10.3. The molecule has 0 spiro atoms. The zero-order chi connectivity index (χ0) is 14.6. The highest BCUT2D eigenvalue weighted by atomic mass is 16.5. The van der Waals surface area contributed by atoms with Gasteiger partial charge in [0.15, 0.2) is 0 Å². The van der Waals surface area contributed by atoms with Crippen molar-refractivity contribution in [3.05, 3.63) is 24.3 Å². The second-order valence-electron chi connectivity index (χ2n) is 4.71. The maximum atomic E-state index is 11.9. The lowest BCUT2D eigenvalue weighted by Crippen LogP contribution is -2.31. The van der Waals surface area contributed by atoms with Crippen LogP contribution in [-0.2, 0) is 14.3 Å². The molecule has 2 rings (SSSR count). The summed E-state index contributed by atoms with van der Waals surface area (Å²) in [5.74, 6) is -0.855. The van der Waals surface area contributed by atoms with Crippen molar-refractivity contribution in [3.63, 3.8) is 0 Å². The van der Waals surface area contributed by atoms with Gasteiger partial charge in [0.25, 0.3) is 0 Å². The number of carboxylic acids is 1. The smallest absolute Gasteiger partial charge is 0.319 e. The third kappa shape index (κ3) is 3.08. The number of aliphatic carboxylic acids is 1. The van der Waals surface area contributed by atoms with Gasteiger partial charge in [0.2, 0.25) is 5.91 Å². The summed E-state index contributed by atoms with van der Waals surface area (Å²) in [5.41, 5.74) is -0.671. The number of benzene rings is 1. The van der Waals surface area contributed by atoms with Crippen LogP contribution in [-0.4, -0.2) is 37.3 Å². The van der Waals surface area contributed by atoms with Gasteiger partial charge in [-0.3, -0.25) is 9.59 Å². The molecule has 0 aromatic heterocycles. The van der Waals surface area contributed by atoms with Crippen LogP contribution in [0, 0.1) is 5.41 Å². The van der Waals surface area contributed by atoms with E-state index in [-0.39, 0.29) is 0 Å². The Kier molecular flexibility index (Phi) is 4.24. The third-order valence-electron chi connectivity index (χ3n) is 3.26. The summed E-state index contributed by atoms with van der Waals surface area (Å²) >= 11 is 0. The van der Waals surface area contributed by atoms with Crippen molar-refractivity contribution >= 4 is 17.6 Å². The lowest BCUT2D eigenvalue weighted by molar-refractivity contribution is -0.147. The van der Waals surface area contributed by atoms with Crippen molar-refractivity contribution in [1.29, 1.82) is 0 Å². The van der Waals surface area contributed by atoms with Crippen molar-refractivity contribution in [3.8, 4) is 5.75 Å². The summed E-state index contributed by atoms with van der Waals surface area (Å²) in [6.07, 6.45) is 0.790. The molecule has 1 amide bonds. The standard InChI is InChI=1S/C14H17NO5/c1-19-8-9-20-11-4-2-10(3-5-11)15-12(16)14(6-7-14)13(17)18/h2-5H,6-9H2,1H3,(H,15,16)(H,17,18). The average Bonchev–Trinajstić information content (AvgIpc) is 3.22. The Morgan fingerprint density at radius 1 is 1.25 bits per heavy atom. The van der Waals surface area contributed by atoms with Gasteiger partial charge in [-0.15, -0.1) is 0 Å². The molecule has 20 heavy (non-hydrogen) atoms. The Bertz CT molecular complexity index is 493. The molecule has 1 aromatic rings. The summed E-state index contributed by atoms with van der Waals surface area (Å²) in [4.78, 5) is 22.9. The Labute approximate surface area is 116 Å². The molecule has 1 aliphatic rings. The molecular weight excluding hydrogens is 262 g/mol. The number of rotatable bonds is 7. The fourth-order valence-electron chi connectivity index (χ4n) is 1.79. The molecule has 1 aliphatic carbocycles. The van der Waals surface area contributed by atoms with Crippen molar-refractivity contribution in [1.82, 2.24) is 0 Å². The molecule has 0 atom stereocenters. The van der Waals surface area contributed by atoms with E-state index in [2.05, 4.69) is 5.32 Å². The number of ether oxygens (including phenoxy) is 2. The largest absolute Gasteiger partial charge is 0.491 e. The molecule has 108 valence electrons. The highest BCUT2D eigenvalue weighted by Crippen LogP contribution is 2.46. The first-order valence-electron chi connectivity index (χ1n) is 6.35. The predicted molar refractivity (Wildman–Crippen MR) is 71.7 cm³/mol. The van der Waals surface area contributed by atoms with Crippen LogP contribution in [0.2, 0.25) is 0 Å². The number of hydrogen-bond donors (Lipinski definition) is 2. The molecule has 6 nitrogen and oxygen atoms in total. The maximum Gasteiger partial charge on any atom is 0.319 e. The molecule has 1 saturated carbocycles. The van der Waals surface area contributed by atoms with Gasteiger partial charge in [-0.2, -0.15) is 0 Å². The molecule has 0 saturated heterocycles. The zero-order valence-corrected chi connectivity index (χ0v) is 11.2. The number of amides is 1. The number of anilines is 1. The number of nitrogens with one attached hydrogen (secondary N) is 1. The van der Waals surface area contributed by atoms with Crippen LogP contribution in [0.15, 0.2) is 24.3 Å². The molecule has 2 N–H and O–H groups in total. The SMILES string of the molecule is COCCOc1ccc(NC(=O)C2(C(=O)O)CC2)cc1. The van der Waals surface area contributed by atoms with Gasteiger partial charge >= 0.3 is 5.97 Å². The third-order valence-corrected chi connectivity index (χ3v) is 3.26. The predicted octanol–water partition coefficient (Wildman–Crippen LogP) is 1.52. The average molecular weight is 279 g/mol. The quantitative estimate of drug-likeness (QED) is 0.584. The number of hydrogen-bond acceptors (Lipinski definition) is 4. The Hall–Kier alpha value is -2.08. The summed E-state index contributed by atoms with van der Waals surface area (Å²) in [6.45, 7) is 0.948. The normalized spacial score (nSPS) is 15.4. The van der Waals surface area contributed by atoms with Crippen LogP contribution in [0.3, 0.4) is 0 Å². The number of methoxy groups -OCH3 is 1. The highest BCUT2D eigenvalue weighted by molar-refractivity contribution is 6.10. The van der Waals surface area contributed by atoms with Gasteiger partial charge in [-0.1, -0.05) is 0 Å². The number of carboxylic acid groups (broad SMARTS) is 1. The fraction of sp³-hybridized carbons (Fsp3) is 0.429. The van der Waals surface area contributed by atoms with Gasteiger partial charge < -0.3 is 19.9 Å². The van der Waals surface area contributed by atoms with E-state index in [0.717, 1.165) is 0 Å². The minimum Gasteiger partial charge on any atom is -0.491 e. The van der Waals surface area contributed by atoms with Crippen LogP contribution in [0.4, 0.5) is 5.69 Å². The Balaban J connectivity index is 1.91.